The second kappa shape index (κ2) is 6.08. The molecule has 0 atom stereocenters. The first kappa shape index (κ1) is 13.9. The number of carbonyl (C=O) groups excluding carboxylic acids is 1. The molecule has 0 spiro atoms. The molecule has 3 nitrogen and oxygen atoms in total. The highest BCUT2D eigenvalue weighted by atomic mass is 79.9. The molecular weight excluding hydrogens is 328 g/mol. The van der Waals surface area contributed by atoms with Crippen LogP contribution in [0.1, 0.15) is 15.9 Å². The van der Waals surface area contributed by atoms with Gasteiger partial charge in [-0.15, -0.1) is 0 Å². The summed E-state index contributed by atoms with van der Waals surface area (Å²) in [5, 5.41) is 3.21. The van der Waals surface area contributed by atoms with E-state index in [0.29, 0.717) is 22.8 Å². The number of nitrogens with one attached hydrogen (secondary N) is 1. The highest BCUT2D eigenvalue weighted by molar-refractivity contribution is 9.10. The third kappa shape index (κ3) is 3.72. The number of benzene rings is 2. The van der Waals surface area contributed by atoms with Gasteiger partial charge in [0.1, 0.15) is 0 Å². The van der Waals surface area contributed by atoms with Crippen LogP contribution < -0.4 is 11.1 Å². The molecule has 2 rings (SSSR count). The Balaban J connectivity index is 2.03. The average molecular weight is 340 g/mol. The molecule has 0 radical (unpaired) electrons. The summed E-state index contributed by atoms with van der Waals surface area (Å²) < 4.78 is 0.981. The summed E-state index contributed by atoms with van der Waals surface area (Å²) in [5.41, 5.74) is 7.58. The predicted octanol–water partition coefficient (Wildman–Crippen LogP) is 3.61. The molecule has 5 heteroatoms. The van der Waals surface area contributed by atoms with Crippen molar-refractivity contribution in [2.45, 2.75) is 6.54 Å². The second-order valence-corrected chi connectivity index (χ2v) is 5.37. The van der Waals surface area contributed by atoms with E-state index in [1.54, 1.807) is 18.2 Å². The van der Waals surface area contributed by atoms with Gasteiger partial charge in [-0.1, -0.05) is 39.7 Å². The first-order chi connectivity index (χ1) is 9.06. The zero-order valence-corrected chi connectivity index (χ0v) is 12.3. The Bertz CT molecular complexity index is 616. The number of halogens is 2. The molecule has 0 aliphatic rings. The number of hydrogen-bond acceptors (Lipinski definition) is 2. The van der Waals surface area contributed by atoms with Crippen LogP contribution in [0.2, 0.25) is 5.02 Å². The summed E-state index contributed by atoms with van der Waals surface area (Å²) in [7, 11) is 0. The number of nitrogens with two attached hydrogens (primary N) is 1. The fourth-order valence-corrected chi connectivity index (χ4v) is 2.23. The number of anilines is 1. The molecule has 0 saturated heterocycles. The van der Waals surface area contributed by atoms with E-state index in [-0.39, 0.29) is 5.91 Å². The van der Waals surface area contributed by atoms with Gasteiger partial charge in [0, 0.05) is 16.6 Å². The third-order valence-electron chi connectivity index (χ3n) is 2.60. The standard InChI is InChI=1S/C14H12BrClN2O/c15-11-3-1-2-9(6-11)8-18-14(19)10-4-5-13(17)12(16)7-10/h1-7H,8,17H2,(H,18,19). The molecule has 19 heavy (non-hydrogen) atoms. The molecule has 0 saturated carbocycles. The molecule has 0 aliphatic heterocycles. The summed E-state index contributed by atoms with van der Waals surface area (Å²) in [5.74, 6) is -0.179. The zero-order valence-electron chi connectivity index (χ0n) is 9.99. The van der Waals surface area contributed by atoms with E-state index < -0.39 is 0 Å². The van der Waals surface area contributed by atoms with Gasteiger partial charge in [0.2, 0.25) is 0 Å². The maximum absolute atomic E-state index is 11.9. The minimum Gasteiger partial charge on any atom is -0.398 e. The first-order valence-corrected chi connectivity index (χ1v) is 6.81. The van der Waals surface area contributed by atoms with Crippen LogP contribution in [0.3, 0.4) is 0 Å². The van der Waals surface area contributed by atoms with E-state index in [0.717, 1.165) is 10.0 Å². The molecule has 2 aromatic rings. The molecule has 0 aromatic heterocycles. The van der Waals surface area contributed by atoms with Crippen molar-refractivity contribution in [2.24, 2.45) is 0 Å². The van der Waals surface area contributed by atoms with Crippen molar-refractivity contribution < 1.29 is 4.79 Å². The number of amides is 1. The van der Waals surface area contributed by atoms with Crippen molar-refractivity contribution >= 4 is 39.1 Å². The SMILES string of the molecule is Nc1ccc(C(=O)NCc2cccc(Br)c2)cc1Cl. The molecule has 2 aromatic carbocycles. The zero-order chi connectivity index (χ0) is 13.8. The van der Waals surface area contributed by atoms with Gasteiger partial charge in [-0.25, -0.2) is 0 Å². The van der Waals surface area contributed by atoms with Crippen LogP contribution in [0.25, 0.3) is 0 Å². The van der Waals surface area contributed by atoms with Crippen LogP contribution in [-0.2, 0) is 6.54 Å². The molecular formula is C14H12BrClN2O. The molecule has 0 heterocycles. The van der Waals surface area contributed by atoms with Crippen LogP contribution in [0, 0.1) is 0 Å². The third-order valence-corrected chi connectivity index (χ3v) is 3.43. The van der Waals surface area contributed by atoms with Crippen molar-refractivity contribution in [2.75, 3.05) is 5.73 Å². The lowest BCUT2D eigenvalue weighted by Gasteiger charge is -2.07. The van der Waals surface area contributed by atoms with Crippen LogP contribution in [0.5, 0.6) is 0 Å². The molecule has 0 unspecified atom stereocenters. The molecule has 98 valence electrons. The Morgan fingerprint density at radius 3 is 2.74 bits per heavy atom. The monoisotopic (exact) mass is 338 g/mol. The lowest BCUT2D eigenvalue weighted by molar-refractivity contribution is 0.0951. The average Bonchev–Trinajstić information content (AvgIpc) is 2.39. The van der Waals surface area contributed by atoms with Gasteiger partial charge in [0.15, 0.2) is 0 Å². The second-order valence-electron chi connectivity index (χ2n) is 4.05. The lowest BCUT2D eigenvalue weighted by Crippen LogP contribution is -2.22. The van der Waals surface area contributed by atoms with Crippen molar-refractivity contribution in [1.82, 2.24) is 5.32 Å². The highest BCUT2D eigenvalue weighted by Crippen LogP contribution is 2.19. The Labute approximate surface area is 124 Å². The van der Waals surface area contributed by atoms with E-state index >= 15 is 0 Å². The van der Waals surface area contributed by atoms with Crippen LogP contribution in [0.4, 0.5) is 5.69 Å². The van der Waals surface area contributed by atoms with Crippen LogP contribution in [0.15, 0.2) is 46.9 Å². The minimum atomic E-state index is -0.179. The van der Waals surface area contributed by atoms with E-state index in [1.165, 1.54) is 0 Å². The summed E-state index contributed by atoms with van der Waals surface area (Å²) in [6.45, 7) is 0.459. The van der Waals surface area contributed by atoms with Gasteiger partial charge in [-0.3, -0.25) is 4.79 Å². The number of rotatable bonds is 3. The van der Waals surface area contributed by atoms with E-state index in [9.17, 15) is 4.79 Å². The predicted molar refractivity (Wildman–Crippen MR) is 81.2 cm³/mol. The maximum atomic E-state index is 11.9. The van der Waals surface area contributed by atoms with Gasteiger partial charge in [0.25, 0.3) is 5.91 Å². The normalized spacial score (nSPS) is 10.2. The van der Waals surface area contributed by atoms with Crippen molar-refractivity contribution in [3.8, 4) is 0 Å². The summed E-state index contributed by atoms with van der Waals surface area (Å²) in [6, 6.07) is 12.6. The molecule has 0 fully saturated rings. The number of hydrogen-bond donors (Lipinski definition) is 2. The lowest BCUT2D eigenvalue weighted by atomic mass is 10.2. The van der Waals surface area contributed by atoms with Crippen molar-refractivity contribution in [3.63, 3.8) is 0 Å². The van der Waals surface area contributed by atoms with Crippen LogP contribution in [-0.4, -0.2) is 5.91 Å². The van der Waals surface area contributed by atoms with E-state index in [1.807, 2.05) is 24.3 Å². The summed E-state index contributed by atoms with van der Waals surface area (Å²) in [6.07, 6.45) is 0. The quantitative estimate of drug-likeness (QED) is 0.839. The van der Waals surface area contributed by atoms with Gasteiger partial charge in [-0.2, -0.15) is 0 Å². The molecule has 3 N–H and O–H groups in total. The topological polar surface area (TPSA) is 55.1 Å². The number of nitrogen functional groups attached to an aromatic ring is 1. The fraction of sp³-hybridized carbons (Fsp3) is 0.0714. The molecule has 0 bridgehead atoms. The van der Waals surface area contributed by atoms with Gasteiger partial charge in [0.05, 0.1) is 10.7 Å². The fourth-order valence-electron chi connectivity index (χ4n) is 1.60. The smallest absolute Gasteiger partial charge is 0.251 e. The van der Waals surface area contributed by atoms with Crippen LogP contribution >= 0.6 is 27.5 Å². The van der Waals surface area contributed by atoms with Gasteiger partial charge in [-0.05, 0) is 35.9 Å². The molecule has 0 aliphatic carbocycles. The Morgan fingerprint density at radius 2 is 2.05 bits per heavy atom. The van der Waals surface area contributed by atoms with E-state index in [2.05, 4.69) is 21.2 Å². The summed E-state index contributed by atoms with van der Waals surface area (Å²) >= 11 is 9.27. The van der Waals surface area contributed by atoms with Gasteiger partial charge >= 0.3 is 0 Å². The minimum absolute atomic E-state index is 0.179. The highest BCUT2D eigenvalue weighted by Gasteiger charge is 2.07. The van der Waals surface area contributed by atoms with Crippen molar-refractivity contribution in [3.05, 3.63) is 63.1 Å². The summed E-state index contributed by atoms with van der Waals surface area (Å²) in [4.78, 5) is 11.9. The Kier molecular flexibility index (Phi) is 4.45. The Hall–Kier alpha value is -1.52. The molecule has 1 amide bonds. The van der Waals surface area contributed by atoms with Crippen molar-refractivity contribution in [1.29, 1.82) is 0 Å². The van der Waals surface area contributed by atoms with Gasteiger partial charge < -0.3 is 11.1 Å². The number of carbonyl (C=O) groups is 1. The maximum Gasteiger partial charge on any atom is 0.251 e. The Morgan fingerprint density at radius 1 is 1.26 bits per heavy atom. The largest absolute Gasteiger partial charge is 0.398 e. The first-order valence-electron chi connectivity index (χ1n) is 5.64. The van der Waals surface area contributed by atoms with E-state index in [4.69, 9.17) is 17.3 Å².